The van der Waals surface area contributed by atoms with Crippen LogP contribution >= 0.6 is 0 Å². The van der Waals surface area contributed by atoms with Gasteiger partial charge in [-0.2, -0.15) is 0 Å². The zero-order valence-electron chi connectivity index (χ0n) is 29.8. The van der Waals surface area contributed by atoms with Gasteiger partial charge in [-0.05, 0) is 130 Å². The summed E-state index contributed by atoms with van der Waals surface area (Å²) < 4.78 is 0. The SMILES string of the molecule is CC1CCC(c2c3nc(c(C4CCCCC4)c4ccc([nH]4)c(C4CCCCC4)c4ccc([nH]4)c(C4CCCCC4)c4nc2C=C4)C=C3)CC1. The second kappa shape index (κ2) is 13.7. The van der Waals surface area contributed by atoms with Crippen molar-refractivity contribution in [3.8, 4) is 0 Å². The van der Waals surface area contributed by atoms with Crippen LogP contribution in [0.25, 0.3) is 46.4 Å². The Labute approximate surface area is 293 Å². The van der Waals surface area contributed by atoms with Crippen LogP contribution in [0.2, 0.25) is 0 Å². The summed E-state index contributed by atoms with van der Waals surface area (Å²) in [5.74, 6) is 2.99. The molecule has 0 aromatic carbocycles. The summed E-state index contributed by atoms with van der Waals surface area (Å²) in [5, 5.41) is 0. The van der Waals surface area contributed by atoms with Crippen LogP contribution in [0.15, 0.2) is 24.3 Å². The van der Waals surface area contributed by atoms with Crippen molar-refractivity contribution in [3.05, 3.63) is 69.3 Å². The minimum absolute atomic E-state index is 0.513. The molecule has 8 bridgehead atoms. The van der Waals surface area contributed by atoms with E-state index in [4.69, 9.17) is 9.97 Å². The number of rotatable bonds is 4. The molecule has 2 N–H and O–H groups in total. The molecule has 0 radical (unpaired) electrons. The fraction of sp³-hybridized carbons (Fsp3) is 0.556. The quantitative estimate of drug-likeness (QED) is 0.203. The molecule has 256 valence electrons. The van der Waals surface area contributed by atoms with E-state index in [0.717, 1.165) is 5.92 Å². The van der Waals surface area contributed by atoms with Crippen molar-refractivity contribution in [1.82, 2.24) is 19.9 Å². The van der Waals surface area contributed by atoms with Crippen molar-refractivity contribution < 1.29 is 0 Å². The maximum atomic E-state index is 5.61. The normalized spacial score (nSPS) is 24.1. The second-order valence-electron chi connectivity index (χ2n) is 16.6. The highest BCUT2D eigenvalue weighted by Crippen LogP contribution is 2.44. The molecule has 3 aromatic heterocycles. The third kappa shape index (κ3) is 6.16. The lowest BCUT2D eigenvalue weighted by atomic mass is 9.78. The van der Waals surface area contributed by atoms with E-state index in [9.17, 15) is 0 Å². The van der Waals surface area contributed by atoms with Gasteiger partial charge in [0.05, 0.1) is 22.8 Å². The van der Waals surface area contributed by atoms with Crippen molar-refractivity contribution in [2.75, 3.05) is 0 Å². The second-order valence-corrected chi connectivity index (χ2v) is 16.6. The standard InChI is InChI=1S/C45H56N4/c1-29-17-19-33(20-18-29)45-40-27-25-38(48-40)43(31-13-7-3-8-14-31)36-23-21-34(46-36)42(30-11-5-2-6-12-30)35-22-24-37(47-35)44(32-15-9-4-10-16-32)39-26-28-41(45)49-39/h21-33,46-47H,2-20H2,1H3. The van der Waals surface area contributed by atoms with Crippen LogP contribution in [0, 0.1) is 5.92 Å². The van der Waals surface area contributed by atoms with E-state index in [-0.39, 0.29) is 0 Å². The summed E-state index contributed by atoms with van der Waals surface area (Å²) in [4.78, 5) is 19.4. The lowest BCUT2D eigenvalue weighted by molar-refractivity contribution is 0.347. The third-order valence-corrected chi connectivity index (χ3v) is 13.4. The van der Waals surface area contributed by atoms with E-state index < -0.39 is 0 Å². The number of fused-ring (bicyclic) bond motifs is 8. The molecule has 4 fully saturated rings. The predicted octanol–water partition coefficient (Wildman–Crippen LogP) is 13.1. The highest BCUT2D eigenvalue weighted by atomic mass is 14.8. The van der Waals surface area contributed by atoms with E-state index in [1.165, 1.54) is 189 Å². The number of aromatic nitrogens is 4. The Morgan fingerprint density at radius 1 is 0.388 bits per heavy atom. The largest absolute Gasteiger partial charge is 0.355 e. The van der Waals surface area contributed by atoms with Gasteiger partial charge in [0, 0.05) is 44.3 Å². The minimum Gasteiger partial charge on any atom is -0.355 e. The first kappa shape index (κ1) is 31.6. The molecular formula is C45H56N4. The average molecular weight is 653 g/mol. The first-order chi connectivity index (χ1) is 24.2. The van der Waals surface area contributed by atoms with Gasteiger partial charge in [-0.15, -0.1) is 0 Å². The fourth-order valence-corrected chi connectivity index (χ4v) is 10.7. The van der Waals surface area contributed by atoms with Crippen LogP contribution in [0.4, 0.5) is 0 Å². The van der Waals surface area contributed by atoms with Gasteiger partial charge >= 0.3 is 0 Å². The molecule has 4 aliphatic carbocycles. The Kier molecular flexibility index (Phi) is 8.84. The maximum Gasteiger partial charge on any atom is 0.0694 e. The van der Waals surface area contributed by atoms with Crippen LogP contribution in [0.1, 0.15) is 198 Å². The lowest BCUT2D eigenvalue weighted by Crippen LogP contribution is -2.13. The molecule has 9 rings (SSSR count). The van der Waals surface area contributed by atoms with Gasteiger partial charge in [-0.25, -0.2) is 9.97 Å². The van der Waals surface area contributed by atoms with Gasteiger partial charge < -0.3 is 9.97 Å². The lowest BCUT2D eigenvalue weighted by Gasteiger charge is -2.27. The Bertz CT molecular complexity index is 1780. The summed E-state index contributed by atoms with van der Waals surface area (Å²) >= 11 is 0. The Morgan fingerprint density at radius 2 is 0.714 bits per heavy atom. The maximum absolute atomic E-state index is 5.61. The van der Waals surface area contributed by atoms with Gasteiger partial charge in [-0.1, -0.05) is 77.6 Å². The highest BCUT2D eigenvalue weighted by Gasteiger charge is 2.29. The van der Waals surface area contributed by atoms with Gasteiger partial charge in [0.25, 0.3) is 0 Å². The Morgan fingerprint density at radius 3 is 1.12 bits per heavy atom. The number of hydrogen-bond donors (Lipinski definition) is 2. The van der Waals surface area contributed by atoms with Crippen LogP contribution in [0.3, 0.4) is 0 Å². The molecule has 3 aromatic rings. The van der Waals surface area contributed by atoms with E-state index in [1.54, 1.807) is 0 Å². The first-order valence-corrected chi connectivity index (χ1v) is 20.4. The summed E-state index contributed by atoms with van der Waals surface area (Å²) in [6.45, 7) is 2.43. The van der Waals surface area contributed by atoms with E-state index in [0.29, 0.717) is 23.7 Å². The topological polar surface area (TPSA) is 57.4 Å². The number of nitrogens with zero attached hydrogens (tertiary/aromatic N) is 2. The molecule has 2 aliphatic heterocycles. The Hall–Kier alpha value is -3.40. The molecule has 4 saturated carbocycles. The van der Waals surface area contributed by atoms with Crippen LogP contribution in [-0.4, -0.2) is 19.9 Å². The van der Waals surface area contributed by atoms with Crippen molar-refractivity contribution in [1.29, 1.82) is 0 Å². The fourth-order valence-electron chi connectivity index (χ4n) is 10.7. The highest BCUT2D eigenvalue weighted by molar-refractivity contribution is 5.84. The van der Waals surface area contributed by atoms with Gasteiger partial charge in [-0.3, -0.25) is 0 Å². The zero-order chi connectivity index (χ0) is 32.7. The van der Waals surface area contributed by atoms with E-state index >= 15 is 0 Å². The minimum atomic E-state index is 0.513. The van der Waals surface area contributed by atoms with E-state index in [1.807, 2.05) is 0 Å². The van der Waals surface area contributed by atoms with Gasteiger partial charge in [0.1, 0.15) is 0 Å². The summed E-state index contributed by atoms with van der Waals surface area (Å²) in [7, 11) is 0. The molecule has 0 amide bonds. The molecule has 4 heteroatoms. The first-order valence-electron chi connectivity index (χ1n) is 20.4. The molecule has 0 saturated heterocycles. The number of nitrogens with one attached hydrogen (secondary N) is 2. The van der Waals surface area contributed by atoms with E-state index in [2.05, 4.69) is 65.5 Å². The molecule has 0 atom stereocenters. The number of hydrogen-bond acceptors (Lipinski definition) is 2. The molecule has 0 unspecified atom stereocenters. The van der Waals surface area contributed by atoms with Crippen LogP contribution in [-0.2, 0) is 0 Å². The number of aromatic amines is 2. The van der Waals surface area contributed by atoms with Gasteiger partial charge in [0.15, 0.2) is 0 Å². The molecule has 5 heterocycles. The van der Waals surface area contributed by atoms with Crippen LogP contribution in [0.5, 0.6) is 0 Å². The van der Waals surface area contributed by atoms with Gasteiger partial charge in [0.2, 0.25) is 0 Å². The van der Waals surface area contributed by atoms with Crippen molar-refractivity contribution in [2.45, 2.75) is 153 Å². The zero-order valence-corrected chi connectivity index (χ0v) is 29.8. The molecule has 6 aliphatic rings. The predicted molar refractivity (Wildman–Crippen MR) is 207 cm³/mol. The molecule has 4 nitrogen and oxygen atoms in total. The van der Waals surface area contributed by atoms with Crippen molar-refractivity contribution >= 4 is 46.4 Å². The summed E-state index contributed by atoms with van der Waals surface area (Å²) in [5.41, 5.74) is 15.7. The van der Waals surface area contributed by atoms with Crippen molar-refractivity contribution in [3.63, 3.8) is 0 Å². The van der Waals surface area contributed by atoms with Crippen molar-refractivity contribution in [2.24, 2.45) is 5.92 Å². The monoisotopic (exact) mass is 652 g/mol. The van der Waals surface area contributed by atoms with Crippen LogP contribution < -0.4 is 0 Å². The number of H-pyrrole nitrogens is 2. The average Bonchev–Trinajstić information content (AvgIpc) is 3.98. The molecular weight excluding hydrogens is 597 g/mol. The smallest absolute Gasteiger partial charge is 0.0694 e. The Balaban J connectivity index is 1.36. The third-order valence-electron chi connectivity index (χ3n) is 13.4. The summed E-state index contributed by atoms with van der Waals surface area (Å²) in [6.07, 6.45) is 34.1. The summed E-state index contributed by atoms with van der Waals surface area (Å²) in [6, 6.07) is 9.61. The molecule has 0 spiro atoms. The molecule has 49 heavy (non-hydrogen) atoms.